The lowest BCUT2D eigenvalue weighted by molar-refractivity contribution is -0.159. The highest BCUT2D eigenvalue weighted by Crippen LogP contribution is 2.15. The fraction of sp³-hybridized carbons (Fsp3) is 0.381. The van der Waals surface area contributed by atoms with Crippen LogP contribution in [0.15, 0.2) is 48.8 Å². The van der Waals surface area contributed by atoms with Gasteiger partial charge in [-0.2, -0.15) is 0 Å². The van der Waals surface area contributed by atoms with Gasteiger partial charge in [-0.3, -0.25) is 9.88 Å². The first-order chi connectivity index (χ1) is 14.0. The molecule has 1 aliphatic heterocycles. The number of pyridine rings is 1. The van der Waals surface area contributed by atoms with Crippen LogP contribution in [0.5, 0.6) is 0 Å². The van der Waals surface area contributed by atoms with Crippen LogP contribution in [-0.2, 0) is 16.0 Å². The van der Waals surface area contributed by atoms with Crippen molar-refractivity contribution in [2.75, 3.05) is 37.6 Å². The van der Waals surface area contributed by atoms with Gasteiger partial charge in [0.1, 0.15) is 5.82 Å². The van der Waals surface area contributed by atoms with Gasteiger partial charge >= 0.3 is 11.9 Å². The van der Waals surface area contributed by atoms with Crippen molar-refractivity contribution < 1.29 is 24.2 Å². The average Bonchev–Trinajstić information content (AvgIpc) is 2.74. The van der Waals surface area contributed by atoms with E-state index in [9.17, 15) is 4.39 Å². The Balaban J connectivity index is 0.000000438. The summed E-state index contributed by atoms with van der Waals surface area (Å²) in [4.78, 5) is 27.2. The Hall–Kier alpha value is -3.00. The highest BCUT2D eigenvalue weighted by Gasteiger charge is 2.16. The molecule has 2 aromatic rings. The van der Waals surface area contributed by atoms with Crippen LogP contribution in [0.4, 0.5) is 10.1 Å². The van der Waals surface area contributed by atoms with Gasteiger partial charge in [0.15, 0.2) is 0 Å². The summed E-state index contributed by atoms with van der Waals surface area (Å²) in [7, 11) is 0. The van der Waals surface area contributed by atoms with Crippen molar-refractivity contribution in [3.63, 3.8) is 0 Å². The number of hydrogen-bond donors (Lipinski definition) is 2. The molecule has 0 spiro atoms. The fourth-order valence-corrected chi connectivity index (χ4v) is 3.10. The second-order valence-corrected chi connectivity index (χ2v) is 6.73. The fourth-order valence-electron chi connectivity index (χ4n) is 3.10. The number of carboxylic acids is 2. The van der Waals surface area contributed by atoms with E-state index in [1.165, 1.54) is 17.7 Å². The highest BCUT2D eigenvalue weighted by atomic mass is 19.1. The third kappa shape index (κ3) is 8.27. The topological polar surface area (TPSA) is 94.0 Å². The lowest BCUT2D eigenvalue weighted by Gasteiger charge is -2.36. The predicted octanol–water partition coefficient (Wildman–Crippen LogP) is 2.52. The molecular formula is C21H26FN3O4. The van der Waals surface area contributed by atoms with Gasteiger partial charge in [0, 0.05) is 44.3 Å². The number of halogens is 1. The SMILES string of the molecule is Fc1ccc(CCCCN2CCN(c3ccncc3)CC2)cc1.O=C(O)C(=O)O. The summed E-state index contributed by atoms with van der Waals surface area (Å²) in [6.07, 6.45) is 7.12. The van der Waals surface area contributed by atoms with E-state index >= 15 is 0 Å². The molecule has 0 unspecified atom stereocenters. The third-order valence-electron chi connectivity index (χ3n) is 4.69. The Labute approximate surface area is 169 Å². The minimum absolute atomic E-state index is 0.152. The highest BCUT2D eigenvalue weighted by molar-refractivity contribution is 6.27. The van der Waals surface area contributed by atoms with E-state index in [2.05, 4.69) is 26.9 Å². The van der Waals surface area contributed by atoms with E-state index in [1.54, 1.807) is 12.1 Å². The van der Waals surface area contributed by atoms with Gasteiger partial charge in [0.05, 0.1) is 0 Å². The van der Waals surface area contributed by atoms with Gasteiger partial charge in [-0.1, -0.05) is 12.1 Å². The summed E-state index contributed by atoms with van der Waals surface area (Å²) in [5.74, 6) is -3.80. The molecule has 1 fully saturated rings. The van der Waals surface area contributed by atoms with Gasteiger partial charge in [-0.15, -0.1) is 0 Å². The number of benzene rings is 1. The van der Waals surface area contributed by atoms with E-state index < -0.39 is 11.9 Å². The maximum atomic E-state index is 12.9. The molecule has 7 nitrogen and oxygen atoms in total. The van der Waals surface area contributed by atoms with Gasteiger partial charge in [-0.25, -0.2) is 14.0 Å². The maximum absolute atomic E-state index is 12.9. The van der Waals surface area contributed by atoms with Crippen LogP contribution in [0.2, 0.25) is 0 Å². The van der Waals surface area contributed by atoms with E-state index in [4.69, 9.17) is 19.8 Å². The molecule has 1 saturated heterocycles. The second-order valence-electron chi connectivity index (χ2n) is 6.73. The maximum Gasteiger partial charge on any atom is 0.414 e. The molecule has 2 heterocycles. The van der Waals surface area contributed by atoms with Crippen molar-refractivity contribution in [1.82, 2.24) is 9.88 Å². The first kappa shape index (κ1) is 22.3. The van der Waals surface area contributed by atoms with Crippen LogP contribution in [0.1, 0.15) is 18.4 Å². The predicted molar refractivity (Wildman–Crippen MR) is 107 cm³/mol. The van der Waals surface area contributed by atoms with Crippen molar-refractivity contribution >= 4 is 17.6 Å². The van der Waals surface area contributed by atoms with E-state index in [1.807, 2.05) is 24.5 Å². The molecule has 1 aromatic heterocycles. The molecule has 0 amide bonds. The number of aliphatic carboxylic acids is 2. The van der Waals surface area contributed by atoms with Crippen LogP contribution in [0.25, 0.3) is 0 Å². The number of carboxylic acid groups (broad SMARTS) is 2. The van der Waals surface area contributed by atoms with Gasteiger partial charge in [-0.05, 0) is 55.6 Å². The van der Waals surface area contributed by atoms with Gasteiger partial charge < -0.3 is 15.1 Å². The Morgan fingerprint density at radius 1 is 0.897 bits per heavy atom. The number of aryl methyl sites for hydroxylation is 1. The minimum atomic E-state index is -1.82. The standard InChI is InChI=1S/C19H24FN3.C2H2O4/c20-18-6-4-17(5-7-18)3-1-2-12-22-13-15-23(16-14-22)19-8-10-21-11-9-19;3-1(4)2(5)6/h4-11H,1-3,12-16H2;(H,3,4)(H,5,6). The van der Waals surface area contributed by atoms with Crippen molar-refractivity contribution in [1.29, 1.82) is 0 Å². The van der Waals surface area contributed by atoms with Crippen molar-refractivity contribution in [3.8, 4) is 0 Å². The molecule has 2 N–H and O–H groups in total. The van der Waals surface area contributed by atoms with Crippen molar-refractivity contribution in [2.24, 2.45) is 0 Å². The van der Waals surface area contributed by atoms with Crippen LogP contribution in [0.3, 0.4) is 0 Å². The monoisotopic (exact) mass is 403 g/mol. The van der Waals surface area contributed by atoms with Crippen LogP contribution in [0, 0.1) is 5.82 Å². The molecule has 0 radical (unpaired) electrons. The number of hydrogen-bond acceptors (Lipinski definition) is 5. The first-order valence-electron chi connectivity index (χ1n) is 9.53. The molecule has 1 aromatic carbocycles. The van der Waals surface area contributed by atoms with Crippen LogP contribution < -0.4 is 4.90 Å². The number of unbranched alkanes of at least 4 members (excludes halogenated alkanes) is 1. The number of nitrogens with zero attached hydrogens (tertiary/aromatic N) is 3. The zero-order valence-electron chi connectivity index (χ0n) is 16.2. The summed E-state index contributed by atoms with van der Waals surface area (Å²) in [5, 5.41) is 14.8. The summed E-state index contributed by atoms with van der Waals surface area (Å²) in [6, 6.07) is 11.0. The van der Waals surface area contributed by atoms with Crippen molar-refractivity contribution in [2.45, 2.75) is 19.3 Å². The van der Waals surface area contributed by atoms with Crippen LogP contribution >= 0.6 is 0 Å². The third-order valence-corrected chi connectivity index (χ3v) is 4.69. The lowest BCUT2D eigenvalue weighted by atomic mass is 10.1. The largest absolute Gasteiger partial charge is 0.473 e. The lowest BCUT2D eigenvalue weighted by Crippen LogP contribution is -2.46. The van der Waals surface area contributed by atoms with Gasteiger partial charge in [0.2, 0.25) is 0 Å². The Morgan fingerprint density at radius 2 is 1.48 bits per heavy atom. The molecule has 29 heavy (non-hydrogen) atoms. The quantitative estimate of drug-likeness (QED) is 0.565. The van der Waals surface area contributed by atoms with E-state index in [-0.39, 0.29) is 5.82 Å². The number of carbonyl (C=O) groups is 2. The first-order valence-corrected chi connectivity index (χ1v) is 9.53. The molecule has 3 rings (SSSR count). The van der Waals surface area contributed by atoms with E-state index in [0.717, 1.165) is 45.6 Å². The number of anilines is 1. The molecule has 156 valence electrons. The summed E-state index contributed by atoms with van der Waals surface area (Å²) in [6.45, 7) is 5.58. The van der Waals surface area contributed by atoms with Crippen molar-refractivity contribution in [3.05, 3.63) is 60.2 Å². The van der Waals surface area contributed by atoms with Crippen LogP contribution in [-0.4, -0.2) is 64.8 Å². The molecule has 0 saturated carbocycles. The molecule has 0 aliphatic carbocycles. The Bertz CT molecular complexity index is 751. The molecule has 0 atom stereocenters. The number of aromatic nitrogens is 1. The molecule has 1 aliphatic rings. The Morgan fingerprint density at radius 3 is 2.03 bits per heavy atom. The summed E-state index contributed by atoms with van der Waals surface area (Å²) < 4.78 is 12.9. The summed E-state index contributed by atoms with van der Waals surface area (Å²) in [5.41, 5.74) is 2.50. The zero-order valence-corrected chi connectivity index (χ0v) is 16.2. The zero-order chi connectivity index (χ0) is 21.1. The van der Waals surface area contributed by atoms with Gasteiger partial charge in [0.25, 0.3) is 0 Å². The number of piperazine rings is 1. The minimum Gasteiger partial charge on any atom is -0.473 e. The smallest absolute Gasteiger partial charge is 0.414 e. The second kappa shape index (κ2) is 11.8. The Kier molecular flexibility index (Phi) is 9.04. The van der Waals surface area contributed by atoms with E-state index in [0.29, 0.717) is 0 Å². The molecule has 8 heteroatoms. The summed E-state index contributed by atoms with van der Waals surface area (Å²) >= 11 is 0. The average molecular weight is 403 g/mol. The molecule has 0 bridgehead atoms. The number of rotatable bonds is 6. The normalized spacial score (nSPS) is 14.0. The molecular weight excluding hydrogens is 377 g/mol.